The van der Waals surface area contributed by atoms with Crippen LogP contribution in [-0.2, 0) is 10.7 Å². The van der Waals surface area contributed by atoms with Crippen LogP contribution >= 0.6 is 0 Å². The van der Waals surface area contributed by atoms with Crippen molar-refractivity contribution in [3.8, 4) is 0 Å². The van der Waals surface area contributed by atoms with E-state index in [1.54, 1.807) is 0 Å². The zero-order chi connectivity index (χ0) is 11.5. The van der Waals surface area contributed by atoms with Crippen LogP contribution in [0.5, 0.6) is 0 Å². The summed E-state index contributed by atoms with van der Waals surface area (Å²) in [5, 5.41) is 8.27. The maximum atomic E-state index is 13.3. The third kappa shape index (κ3) is 3.27. The molecule has 1 aromatic carbocycles. The average Bonchev–Trinajstić information content (AvgIpc) is 2.15. The minimum absolute atomic E-state index is 0.497. The number of hydrogen-bond donors (Lipinski definition) is 1. The SMILES string of the molecule is O=C(O)CCC(F)(F)c1cccc(F)c1. The quantitative estimate of drug-likeness (QED) is 0.843. The van der Waals surface area contributed by atoms with Gasteiger partial charge in [0.2, 0.25) is 0 Å². The second kappa shape index (κ2) is 4.33. The Hall–Kier alpha value is -1.52. The van der Waals surface area contributed by atoms with E-state index in [4.69, 9.17) is 5.11 Å². The van der Waals surface area contributed by atoms with Gasteiger partial charge in [-0.25, -0.2) is 13.2 Å². The van der Waals surface area contributed by atoms with E-state index in [0.29, 0.717) is 6.07 Å². The summed E-state index contributed by atoms with van der Waals surface area (Å²) in [5.41, 5.74) is -0.497. The molecule has 0 saturated heterocycles. The van der Waals surface area contributed by atoms with E-state index in [1.807, 2.05) is 0 Å². The molecule has 0 heterocycles. The number of carboxylic acid groups (broad SMARTS) is 1. The fraction of sp³-hybridized carbons (Fsp3) is 0.300. The van der Waals surface area contributed by atoms with E-state index in [0.717, 1.165) is 12.1 Å². The van der Waals surface area contributed by atoms with Crippen molar-refractivity contribution >= 4 is 5.97 Å². The first-order chi connectivity index (χ1) is 6.92. The van der Waals surface area contributed by atoms with Gasteiger partial charge >= 0.3 is 5.97 Å². The van der Waals surface area contributed by atoms with Crippen LogP contribution in [0, 0.1) is 5.82 Å². The van der Waals surface area contributed by atoms with Gasteiger partial charge in [-0.2, -0.15) is 0 Å². The van der Waals surface area contributed by atoms with Gasteiger partial charge in [0, 0.05) is 12.0 Å². The maximum Gasteiger partial charge on any atom is 0.303 e. The maximum absolute atomic E-state index is 13.3. The minimum Gasteiger partial charge on any atom is -0.481 e. The molecule has 0 saturated carbocycles. The topological polar surface area (TPSA) is 37.3 Å². The summed E-state index contributed by atoms with van der Waals surface area (Å²) in [4.78, 5) is 10.1. The molecule has 0 fully saturated rings. The molecule has 1 rings (SSSR count). The van der Waals surface area contributed by atoms with Gasteiger partial charge in [0.05, 0.1) is 6.42 Å². The van der Waals surface area contributed by atoms with Crippen molar-refractivity contribution in [2.45, 2.75) is 18.8 Å². The average molecular weight is 218 g/mol. The van der Waals surface area contributed by atoms with Gasteiger partial charge in [-0.1, -0.05) is 12.1 Å². The number of aliphatic carboxylic acids is 1. The Morgan fingerprint density at radius 2 is 2.07 bits per heavy atom. The second-order valence-electron chi connectivity index (χ2n) is 3.11. The summed E-state index contributed by atoms with van der Waals surface area (Å²) in [7, 11) is 0. The van der Waals surface area contributed by atoms with Gasteiger partial charge in [-0.05, 0) is 12.1 Å². The van der Waals surface area contributed by atoms with E-state index in [1.165, 1.54) is 6.07 Å². The Bertz CT molecular complexity index is 363. The van der Waals surface area contributed by atoms with Crippen LogP contribution in [0.3, 0.4) is 0 Å². The molecule has 2 nitrogen and oxygen atoms in total. The van der Waals surface area contributed by atoms with E-state index < -0.39 is 36.1 Å². The Morgan fingerprint density at radius 1 is 1.40 bits per heavy atom. The molecule has 0 amide bonds. The standard InChI is InChI=1S/C10H9F3O2/c11-8-3-1-2-7(6-8)10(12,13)5-4-9(14)15/h1-3,6H,4-5H2,(H,14,15). The highest BCUT2D eigenvalue weighted by molar-refractivity contribution is 5.66. The second-order valence-corrected chi connectivity index (χ2v) is 3.11. The smallest absolute Gasteiger partial charge is 0.303 e. The summed E-state index contributed by atoms with van der Waals surface area (Å²) in [6.07, 6.45) is -1.48. The van der Waals surface area contributed by atoms with Gasteiger partial charge < -0.3 is 5.11 Å². The van der Waals surface area contributed by atoms with E-state index in [-0.39, 0.29) is 0 Å². The van der Waals surface area contributed by atoms with Gasteiger partial charge in [0.25, 0.3) is 5.92 Å². The van der Waals surface area contributed by atoms with Crippen LogP contribution in [0.1, 0.15) is 18.4 Å². The molecule has 0 aliphatic heterocycles. The molecule has 1 N–H and O–H groups in total. The number of alkyl halides is 2. The predicted molar refractivity (Wildman–Crippen MR) is 47.2 cm³/mol. The molecule has 0 aliphatic rings. The van der Waals surface area contributed by atoms with Crippen molar-refractivity contribution in [1.82, 2.24) is 0 Å². The molecule has 0 aromatic heterocycles. The molecule has 1 aromatic rings. The molecule has 82 valence electrons. The molecule has 0 aliphatic carbocycles. The lowest BCUT2D eigenvalue weighted by atomic mass is 10.0. The van der Waals surface area contributed by atoms with Crippen LogP contribution in [0.25, 0.3) is 0 Å². The van der Waals surface area contributed by atoms with Gasteiger partial charge in [-0.3, -0.25) is 4.79 Å². The summed E-state index contributed by atoms with van der Waals surface area (Å²) in [5.74, 6) is -5.37. The Labute approximate surface area is 84.3 Å². The predicted octanol–water partition coefficient (Wildman–Crippen LogP) is 2.78. The number of halogens is 3. The first-order valence-corrected chi connectivity index (χ1v) is 4.27. The largest absolute Gasteiger partial charge is 0.481 e. The van der Waals surface area contributed by atoms with Crippen molar-refractivity contribution in [3.63, 3.8) is 0 Å². The van der Waals surface area contributed by atoms with Crippen LogP contribution in [0.2, 0.25) is 0 Å². The Kier molecular flexibility index (Phi) is 3.34. The zero-order valence-electron chi connectivity index (χ0n) is 7.71. The van der Waals surface area contributed by atoms with E-state index in [2.05, 4.69) is 0 Å². The lowest BCUT2D eigenvalue weighted by Gasteiger charge is -2.15. The first kappa shape index (κ1) is 11.6. The van der Waals surface area contributed by atoms with Crippen molar-refractivity contribution < 1.29 is 23.1 Å². The third-order valence-corrected chi connectivity index (χ3v) is 1.90. The molecular formula is C10H9F3O2. The summed E-state index contributed by atoms with van der Waals surface area (Å²) < 4.78 is 39.2. The molecule has 0 spiro atoms. The van der Waals surface area contributed by atoms with Gasteiger partial charge in [-0.15, -0.1) is 0 Å². The summed E-state index contributed by atoms with van der Waals surface area (Å²) in [6.45, 7) is 0. The summed E-state index contributed by atoms with van der Waals surface area (Å²) in [6, 6.07) is 4.00. The first-order valence-electron chi connectivity index (χ1n) is 4.27. The number of carboxylic acids is 1. The highest BCUT2D eigenvalue weighted by atomic mass is 19.3. The number of carbonyl (C=O) groups is 1. The Balaban J connectivity index is 2.80. The molecule has 15 heavy (non-hydrogen) atoms. The molecule has 0 atom stereocenters. The number of benzene rings is 1. The highest BCUT2D eigenvalue weighted by Crippen LogP contribution is 2.32. The summed E-state index contributed by atoms with van der Waals surface area (Å²) >= 11 is 0. The third-order valence-electron chi connectivity index (χ3n) is 1.90. The molecule has 0 unspecified atom stereocenters. The molecule has 0 radical (unpaired) electrons. The fourth-order valence-electron chi connectivity index (χ4n) is 1.12. The van der Waals surface area contributed by atoms with E-state index >= 15 is 0 Å². The number of rotatable bonds is 4. The van der Waals surface area contributed by atoms with Crippen molar-refractivity contribution in [1.29, 1.82) is 0 Å². The van der Waals surface area contributed by atoms with Crippen LogP contribution in [0.15, 0.2) is 24.3 Å². The van der Waals surface area contributed by atoms with Crippen LogP contribution < -0.4 is 0 Å². The lowest BCUT2D eigenvalue weighted by Crippen LogP contribution is -2.15. The van der Waals surface area contributed by atoms with Crippen molar-refractivity contribution in [2.24, 2.45) is 0 Å². The molecule has 0 bridgehead atoms. The normalized spacial score (nSPS) is 11.4. The van der Waals surface area contributed by atoms with Crippen LogP contribution in [-0.4, -0.2) is 11.1 Å². The fourth-order valence-corrected chi connectivity index (χ4v) is 1.12. The van der Waals surface area contributed by atoms with E-state index in [9.17, 15) is 18.0 Å². The van der Waals surface area contributed by atoms with Gasteiger partial charge in [0.1, 0.15) is 5.82 Å². The van der Waals surface area contributed by atoms with Crippen molar-refractivity contribution in [2.75, 3.05) is 0 Å². The highest BCUT2D eigenvalue weighted by Gasteiger charge is 2.32. The lowest BCUT2D eigenvalue weighted by molar-refractivity contribution is -0.139. The number of hydrogen-bond acceptors (Lipinski definition) is 1. The monoisotopic (exact) mass is 218 g/mol. The van der Waals surface area contributed by atoms with Crippen LogP contribution in [0.4, 0.5) is 13.2 Å². The minimum atomic E-state index is -3.31. The molecule has 5 heteroatoms. The zero-order valence-corrected chi connectivity index (χ0v) is 7.71. The van der Waals surface area contributed by atoms with Gasteiger partial charge in [0.15, 0.2) is 0 Å². The molecular weight excluding hydrogens is 209 g/mol. The van der Waals surface area contributed by atoms with Crippen molar-refractivity contribution in [3.05, 3.63) is 35.6 Å². The Morgan fingerprint density at radius 3 is 2.60 bits per heavy atom.